The first-order valence-electron chi connectivity index (χ1n) is 3.92. The third-order valence-corrected chi connectivity index (χ3v) is 2.04. The van der Waals surface area contributed by atoms with E-state index in [2.05, 4.69) is 4.98 Å². The van der Waals surface area contributed by atoms with Crippen molar-refractivity contribution in [3.05, 3.63) is 28.6 Å². The van der Waals surface area contributed by atoms with E-state index in [1.54, 1.807) is 13.8 Å². The highest BCUT2D eigenvalue weighted by Crippen LogP contribution is 2.26. The summed E-state index contributed by atoms with van der Waals surface area (Å²) in [6.45, 7) is 2.83. The monoisotopic (exact) mass is 187 g/mol. The quantitative estimate of drug-likeness (QED) is 0.769. The van der Waals surface area contributed by atoms with Gasteiger partial charge in [0, 0.05) is 11.8 Å². The van der Waals surface area contributed by atoms with E-state index >= 15 is 0 Å². The highest BCUT2D eigenvalue weighted by atomic mass is 19.3. The molecule has 1 rings (SSSR count). The summed E-state index contributed by atoms with van der Waals surface area (Å²) in [4.78, 5) is 3.86. The minimum atomic E-state index is -2.51. The summed E-state index contributed by atoms with van der Waals surface area (Å²) >= 11 is 0. The highest BCUT2D eigenvalue weighted by Gasteiger charge is 2.16. The smallest absolute Gasteiger partial charge is 0.264 e. The van der Waals surface area contributed by atoms with Gasteiger partial charge in [-0.25, -0.2) is 8.78 Å². The Balaban J connectivity index is 3.30. The maximum atomic E-state index is 12.5. The van der Waals surface area contributed by atoms with Crippen LogP contribution in [0.3, 0.4) is 0 Å². The second kappa shape index (κ2) is 3.79. The first kappa shape index (κ1) is 10.1. The Morgan fingerprint density at radius 1 is 1.46 bits per heavy atom. The molecule has 4 heteroatoms. The molecule has 1 aromatic heterocycles. The molecule has 0 aromatic carbocycles. The van der Waals surface area contributed by atoms with Gasteiger partial charge in [0.15, 0.2) is 0 Å². The van der Waals surface area contributed by atoms with Crippen LogP contribution in [-0.4, -0.2) is 10.1 Å². The van der Waals surface area contributed by atoms with E-state index in [0.717, 1.165) is 0 Å². The highest BCUT2D eigenvalue weighted by molar-refractivity contribution is 5.35. The molecule has 0 unspecified atom stereocenters. The second-order valence-electron chi connectivity index (χ2n) is 2.89. The van der Waals surface area contributed by atoms with Crippen molar-refractivity contribution in [1.82, 2.24) is 4.98 Å². The summed E-state index contributed by atoms with van der Waals surface area (Å²) in [5, 5.41) is 8.81. The number of aryl methyl sites for hydroxylation is 1. The maximum absolute atomic E-state index is 12.5. The molecule has 2 nitrogen and oxygen atoms in total. The van der Waals surface area contributed by atoms with E-state index in [1.807, 2.05) is 0 Å². The average molecular weight is 187 g/mol. The van der Waals surface area contributed by atoms with Crippen molar-refractivity contribution in [1.29, 1.82) is 0 Å². The first-order chi connectivity index (χ1) is 6.07. The van der Waals surface area contributed by atoms with E-state index in [4.69, 9.17) is 5.11 Å². The fourth-order valence-electron chi connectivity index (χ4n) is 1.29. The molecular weight excluding hydrogens is 176 g/mol. The van der Waals surface area contributed by atoms with Gasteiger partial charge in [0.05, 0.1) is 12.3 Å². The fraction of sp³-hybridized carbons (Fsp3) is 0.444. The van der Waals surface area contributed by atoms with Crippen LogP contribution in [0.25, 0.3) is 0 Å². The van der Waals surface area contributed by atoms with Crippen LogP contribution >= 0.6 is 0 Å². The Morgan fingerprint density at radius 3 is 2.54 bits per heavy atom. The summed E-state index contributed by atoms with van der Waals surface area (Å²) in [7, 11) is 0. The Hall–Kier alpha value is -1.03. The van der Waals surface area contributed by atoms with Gasteiger partial charge >= 0.3 is 0 Å². The number of aliphatic hydroxyl groups excluding tert-OH is 1. The lowest BCUT2D eigenvalue weighted by Gasteiger charge is -2.10. The number of hydrogen-bond acceptors (Lipinski definition) is 2. The molecule has 0 bridgehead atoms. The van der Waals surface area contributed by atoms with Crippen LogP contribution in [0, 0.1) is 13.8 Å². The predicted octanol–water partition coefficient (Wildman–Crippen LogP) is 2.13. The number of alkyl halides is 2. The third kappa shape index (κ3) is 1.83. The largest absolute Gasteiger partial charge is 0.390 e. The minimum absolute atomic E-state index is 0.0148. The van der Waals surface area contributed by atoms with E-state index in [9.17, 15) is 8.78 Å². The number of rotatable bonds is 2. The van der Waals surface area contributed by atoms with Crippen LogP contribution < -0.4 is 0 Å². The number of nitrogens with zero attached hydrogens (tertiary/aromatic N) is 1. The Kier molecular flexibility index (Phi) is 2.93. The third-order valence-electron chi connectivity index (χ3n) is 2.04. The zero-order valence-electron chi connectivity index (χ0n) is 7.51. The molecule has 0 fully saturated rings. The zero-order chi connectivity index (χ0) is 10.0. The van der Waals surface area contributed by atoms with E-state index < -0.39 is 6.43 Å². The number of halogens is 2. The molecule has 0 aliphatic heterocycles. The molecule has 0 aliphatic rings. The molecule has 1 heterocycles. The number of hydrogen-bond donors (Lipinski definition) is 1. The van der Waals surface area contributed by atoms with Crippen molar-refractivity contribution in [2.24, 2.45) is 0 Å². The van der Waals surface area contributed by atoms with Crippen molar-refractivity contribution in [2.75, 3.05) is 0 Å². The second-order valence-corrected chi connectivity index (χ2v) is 2.89. The molecule has 0 spiro atoms. The molecule has 13 heavy (non-hydrogen) atoms. The van der Waals surface area contributed by atoms with Gasteiger partial charge in [0.2, 0.25) is 0 Å². The van der Waals surface area contributed by atoms with E-state index in [1.165, 1.54) is 6.20 Å². The van der Waals surface area contributed by atoms with Crippen molar-refractivity contribution in [2.45, 2.75) is 26.9 Å². The lowest BCUT2D eigenvalue weighted by atomic mass is 10.0. The fourth-order valence-corrected chi connectivity index (χ4v) is 1.29. The summed E-state index contributed by atoms with van der Waals surface area (Å²) in [6.07, 6.45) is -1.15. The van der Waals surface area contributed by atoms with Gasteiger partial charge in [0.1, 0.15) is 0 Å². The Morgan fingerprint density at radius 2 is 2.08 bits per heavy atom. The van der Waals surface area contributed by atoms with Crippen molar-refractivity contribution >= 4 is 0 Å². The number of aromatic nitrogens is 1. The molecule has 0 saturated heterocycles. The van der Waals surface area contributed by atoms with Crippen LogP contribution in [0.1, 0.15) is 28.8 Å². The predicted molar refractivity (Wildman–Crippen MR) is 44.6 cm³/mol. The van der Waals surface area contributed by atoms with Gasteiger partial charge in [-0.3, -0.25) is 4.98 Å². The number of pyridine rings is 1. The van der Waals surface area contributed by atoms with Crippen LogP contribution in [-0.2, 0) is 6.61 Å². The van der Waals surface area contributed by atoms with Gasteiger partial charge in [-0.2, -0.15) is 0 Å². The molecule has 0 aliphatic carbocycles. The molecule has 1 aromatic rings. The summed E-state index contributed by atoms with van der Waals surface area (Å²) in [5.74, 6) is 0. The topological polar surface area (TPSA) is 33.1 Å². The molecule has 0 radical (unpaired) electrons. The number of aliphatic hydroxyl groups is 1. The molecular formula is C9H11F2NO. The van der Waals surface area contributed by atoms with Crippen LogP contribution in [0.15, 0.2) is 6.20 Å². The average Bonchev–Trinajstić information content (AvgIpc) is 2.04. The van der Waals surface area contributed by atoms with Crippen molar-refractivity contribution in [3.8, 4) is 0 Å². The Labute approximate surface area is 75.2 Å². The van der Waals surface area contributed by atoms with Crippen molar-refractivity contribution in [3.63, 3.8) is 0 Å². The minimum Gasteiger partial charge on any atom is -0.390 e. The Bertz CT molecular complexity index is 313. The normalized spacial score (nSPS) is 10.9. The van der Waals surface area contributed by atoms with Gasteiger partial charge in [-0.05, 0) is 25.0 Å². The van der Waals surface area contributed by atoms with Crippen molar-refractivity contribution < 1.29 is 13.9 Å². The molecule has 72 valence electrons. The summed E-state index contributed by atoms with van der Waals surface area (Å²) in [6, 6.07) is 0. The summed E-state index contributed by atoms with van der Waals surface area (Å²) in [5.41, 5.74) is 1.15. The van der Waals surface area contributed by atoms with Gasteiger partial charge < -0.3 is 5.11 Å². The zero-order valence-corrected chi connectivity index (χ0v) is 7.51. The van der Waals surface area contributed by atoms with E-state index in [0.29, 0.717) is 16.8 Å². The van der Waals surface area contributed by atoms with E-state index in [-0.39, 0.29) is 12.2 Å². The van der Waals surface area contributed by atoms with Gasteiger partial charge in [-0.1, -0.05) is 0 Å². The first-order valence-corrected chi connectivity index (χ1v) is 3.92. The van der Waals surface area contributed by atoms with Gasteiger partial charge in [0.25, 0.3) is 6.43 Å². The molecule has 1 N–H and O–H groups in total. The SMILES string of the molecule is Cc1cnc(CO)c(C)c1C(F)F. The van der Waals surface area contributed by atoms with Gasteiger partial charge in [-0.15, -0.1) is 0 Å². The maximum Gasteiger partial charge on any atom is 0.264 e. The molecule has 0 saturated carbocycles. The lowest BCUT2D eigenvalue weighted by Crippen LogP contribution is -2.02. The molecule has 0 atom stereocenters. The van der Waals surface area contributed by atoms with Crippen LogP contribution in [0.4, 0.5) is 8.78 Å². The summed E-state index contributed by atoms with van der Waals surface area (Å²) < 4.78 is 25.0. The standard InChI is InChI=1S/C9H11F2NO/c1-5-3-12-7(4-13)6(2)8(5)9(10)11/h3,9,13H,4H2,1-2H3. The lowest BCUT2D eigenvalue weighted by molar-refractivity contribution is 0.149. The molecule has 0 amide bonds. The van der Waals surface area contributed by atoms with Crippen LogP contribution in [0.5, 0.6) is 0 Å². The van der Waals surface area contributed by atoms with Crippen LogP contribution in [0.2, 0.25) is 0 Å².